The van der Waals surface area contributed by atoms with Crippen molar-refractivity contribution in [1.29, 1.82) is 0 Å². The summed E-state index contributed by atoms with van der Waals surface area (Å²) in [7, 11) is 0. The summed E-state index contributed by atoms with van der Waals surface area (Å²) in [6.45, 7) is 8.36. The Labute approximate surface area is 112 Å². The van der Waals surface area contributed by atoms with Crippen LogP contribution in [-0.4, -0.2) is 5.11 Å². The molecule has 0 aromatic heterocycles. The van der Waals surface area contributed by atoms with Gasteiger partial charge in [-0.05, 0) is 32.8 Å². The zero-order valence-electron chi connectivity index (χ0n) is 12.4. The molecule has 1 atom stereocenters. The zero-order valence-corrected chi connectivity index (χ0v) is 12.4. The van der Waals surface area contributed by atoms with Crippen molar-refractivity contribution in [3.8, 4) is 0 Å². The lowest BCUT2D eigenvalue weighted by molar-refractivity contribution is 0.0447. The number of unbranched alkanes of at least 4 members (excludes halogenated alkanes) is 4. The van der Waals surface area contributed by atoms with Gasteiger partial charge in [-0.1, -0.05) is 68.4 Å². The first-order valence-electron chi connectivity index (χ1n) is 7.27. The van der Waals surface area contributed by atoms with Crippen molar-refractivity contribution in [3.63, 3.8) is 0 Å². The molecule has 0 amide bonds. The van der Waals surface area contributed by atoms with Gasteiger partial charge in [0.25, 0.3) is 0 Å². The lowest BCUT2D eigenvalue weighted by Gasteiger charge is -2.25. The van der Waals surface area contributed by atoms with Crippen LogP contribution in [0.3, 0.4) is 0 Å². The zero-order chi connectivity index (χ0) is 13.6. The smallest absolute Gasteiger partial charge is 0.0868 e. The summed E-state index contributed by atoms with van der Waals surface area (Å²) in [5.41, 5.74) is 2.85. The molecule has 1 nitrogen and oxygen atoms in total. The molecule has 0 aliphatic heterocycles. The summed E-state index contributed by atoms with van der Waals surface area (Å²) in [5, 5.41) is 10.6. The molecule has 1 aromatic carbocycles. The molecule has 102 valence electrons. The van der Waals surface area contributed by atoms with Crippen molar-refractivity contribution in [3.05, 3.63) is 34.9 Å². The second-order valence-electron chi connectivity index (χ2n) is 5.81. The van der Waals surface area contributed by atoms with Gasteiger partial charge in [-0.2, -0.15) is 0 Å². The van der Waals surface area contributed by atoms with E-state index < -0.39 is 5.60 Å². The second-order valence-corrected chi connectivity index (χ2v) is 5.81. The third-order valence-electron chi connectivity index (χ3n) is 3.61. The summed E-state index contributed by atoms with van der Waals surface area (Å²) >= 11 is 0. The average Bonchev–Trinajstić information content (AvgIpc) is 2.27. The molecule has 0 aliphatic rings. The SMILES string of the molecule is CCCCCCCC(C)(O)c1cc(C)cc(C)c1. The summed E-state index contributed by atoms with van der Waals surface area (Å²) < 4.78 is 0. The second kappa shape index (κ2) is 6.94. The largest absolute Gasteiger partial charge is 0.385 e. The minimum absolute atomic E-state index is 0.678. The summed E-state index contributed by atoms with van der Waals surface area (Å²) in [4.78, 5) is 0. The van der Waals surface area contributed by atoms with E-state index in [1.807, 2.05) is 6.92 Å². The quantitative estimate of drug-likeness (QED) is 0.682. The molecule has 0 bridgehead atoms. The van der Waals surface area contributed by atoms with Gasteiger partial charge in [0.2, 0.25) is 0 Å². The van der Waals surface area contributed by atoms with Crippen LogP contribution in [0.1, 0.15) is 69.1 Å². The molecule has 1 rings (SSSR count). The molecule has 0 fully saturated rings. The third kappa shape index (κ3) is 4.81. The number of aryl methyl sites for hydroxylation is 2. The molecular weight excluding hydrogens is 220 g/mol. The Kier molecular flexibility index (Phi) is 5.87. The molecule has 0 heterocycles. The van der Waals surface area contributed by atoms with Gasteiger partial charge in [0.15, 0.2) is 0 Å². The molecule has 0 saturated heterocycles. The molecule has 1 N–H and O–H groups in total. The molecule has 0 spiro atoms. The molecule has 18 heavy (non-hydrogen) atoms. The molecular formula is C17H28O. The van der Waals surface area contributed by atoms with Gasteiger partial charge in [0.05, 0.1) is 5.60 Å². The summed E-state index contributed by atoms with van der Waals surface area (Å²) in [6.07, 6.45) is 7.08. The van der Waals surface area contributed by atoms with E-state index in [9.17, 15) is 5.11 Å². The normalized spacial score (nSPS) is 14.5. The number of hydrogen-bond donors (Lipinski definition) is 1. The standard InChI is InChI=1S/C17H28O/c1-5-6-7-8-9-10-17(4,18)16-12-14(2)11-15(3)13-16/h11-13,18H,5-10H2,1-4H3. The highest BCUT2D eigenvalue weighted by Crippen LogP contribution is 2.28. The van der Waals surface area contributed by atoms with Gasteiger partial charge < -0.3 is 5.11 Å². The van der Waals surface area contributed by atoms with Crippen molar-refractivity contribution in [2.45, 2.75) is 71.8 Å². The molecule has 0 radical (unpaired) electrons. The van der Waals surface area contributed by atoms with E-state index in [-0.39, 0.29) is 0 Å². The fraction of sp³-hybridized carbons (Fsp3) is 0.647. The van der Waals surface area contributed by atoms with Crippen LogP contribution in [0.2, 0.25) is 0 Å². The highest BCUT2D eigenvalue weighted by Gasteiger charge is 2.22. The number of rotatable bonds is 7. The van der Waals surface area contributed by atoms with Gasteiger partial charge >= 0.3 is 0 Å². The van der Waals surface area contributed by atoms with E-state index in [1.54, 1.807) is 0 Å². The van der Waals surface area contributed by atoms with Gasteiger partial charge in [-0.25, -0.2) is 0 Å². The fourth-order valence-corrected chi connectivity index (χ4v) is 2.50. The first-order valence-corrected chi connectivity index (χ1v) is 7.27. The Hall–Kier alpha value is -0.820. The van der Waals surface area contributed by atoms with Crippen molar-refractivity contribution in [1.82, 2.24) is 0 Å². The van der Waals surface area contributed by atoms with E-state index in [0.717, 1.165) is 18.4 Å². The van der Waals surface area contributed by atoms with Crippen molar-refractivity contribution < 1.29 is 5.11 Å². The van der Waals surface area contributed by atoms with E-state index in [2.05, 4.69) is 39.0 Å². The highest BCUT2D eigenvalue weighted by atomic mass is 16.3. The van der Waals surface area contributed by atoms with Crippen LogP contribution in [0.5, 0.6) is 0 Å². The monoisotopic (exact) mass is 248 g/mol. The minimum Gasteiger partial charge on any atom is -0.385 e. The number of hydrogen-bond acceptors (Lipinski definition) is 1. The van der Waals surface area contributed by atoms with Crippen molar-refractivity contribution in [2.24, 2.45) is 0 Å². The highest BCUT2D eigenvalue weighted by molar-refractivity contribution is 5.32. The molecule has 1 heteroatoms. The molecule has 0 aliphatic carbocycles. The Morgan fingerprint density at radius 3 is 2.06 bits per heavy atom. The van der Waals surface area contributed by atoms with Crippen LogP contribution < -0.4 is 0 Å². The van der Waals surface area contributed by atoms with Crippen LogP contribution in [0, 0.1) is 13.8 Å². The van der Waals surface area contributed by atoms with Crippen LogP contribution in [-0.2, 0) is 5.60 Å². The Balaban J connectivity index is 2.56. The van der Waals surface area contributed by atoms with Gasteiger partial charge in [0, 0.05) is 0 Å². The predicted molar refractivity (Wildman–Crippen MR) is 78.9 cm³/mol. The lowest BCUT2D eigenvalue weighted by atomic mass is 9.88. The summed E-state index contributed by atoms with van der Waals surface area (Å²) in [6, 6.07) is 6.37. The maximum atomic E-state index is 10.6. The number of benzene rings is 1. The third-order valence-corrected chi connectivity index (χ3v) is 3.61. The van der Waals surface area contributed by atoms with Crippen LogP contribution in [0.25, 0.3) is 0 Å². The number of aliphatic hydroxyl groups is 1. The lowest BCUT2D eigenvalue weighted by Crippen LogP contribution is -2.21. The maximum absolute atomic E-state index is 10.6. The van der Waals surface area contributed by atoms with Gasteiger partial charge in [-0.3, -0.25) is 0 Å². The Morgan fingerprint density at radius 2 is 1.50 bits per heavy atom. The first-order chi connectivity index (χ1) is 8.45. The van der Waals surface area contributed by atoms with E-state index >= 15 is 0 Å². The molecule has 1 unspecified atom stereocenters. The van der Waals surface area contributed by atoms with E-state index in [4.69, 9.17) is 0 Å². The van der Waals surface area contributed by atoms with E-state index in [1.165, 1.54) is 36.8 Å². The average molecular weight is 248 g/mol. The topological polar surface area (TPSA) is 20.2 Å². The van der Waals surface area contributed by atoms with Gasteiger partial charge in [0.1, 0.15) is 0 Å². The first kappa shape index (κ1) is 15.2. The molecule has 1 aromatic rings. The van der Waals surface area contributed by atoms with Gasteiger partial charge in [-0.15, -0.1) is 0 Å². The minimum atomic E-state index is -0.678. The van der Waals surface area contributed by atoms with Crippen LogP contribution >= 0.6 is 0 Å². The van der Waals surface area contributed by atoms with Crippen LogP contribution in [0.4, 0.5) is 0 Å². The fourth-order valence-electron chi connectivity index (χ4n) is 2.50. The summed E-state index contributed by atoms with van der Waals surface area (Å²) in [5.74, 6) is 0. The van der Waals surface area contributed by atoms with E-state index in [0.29, 0.717) is 0 Å². The van der Waals surface area contributed by atoms with Crippen molar-refractivity contribution in [2.75, 3.05) is 0 Å². The predicted octanol–water partition coefficient (Wildman–Crippen LogP) is 4.87. The molecule has 0 saturated carbocycles. The van der Waals surface area contributed by atoms with Crippen LogP contribution in [0.15, 0.2) is 18.2 Å². The van der Waals surface area contributed by atoms with Crippen molar-refractivity contribution >= 4 is 0 Å². The Bertz CT molecular complexity index is 346. The Morgan fingerprint density at radius 1 is 0.944 bits per heavy atom. The maximum Gasteiger partial charge on any atom is 0.0868 e.